The molecule has 3 aromatic rings. The minimum atomic E-state index is -4.97. The second-order valence-electron chi connectivity index (χ2n) is 14.4. The van der Waals surface area contributed by atoms with Crippen LogP contribution < -0.4 is 15.2 Å². The summed E-state index contributed by atoms with van der Waals surface area (Å²) in [5, 5.41) is 20.1. The average Bonchev–Trinajstić information content (AvgIpc) is 3.85. The monoisotopic (exact) mass is 820 g/mol. The standard InChI is InChI=1S/C40H59F3N5O6P.CHN/c1-2-3-4-5-6-7-8-9-10-11-12-13-14-15-16-17-18-19-33(52-32-21-20-31(27-44)38(26-32)54-40(41,42)43)28-50-55(49)51-29-34-22-25-37(53-34)35-23-24-36-39(45)46-30-47-48(35)36;1-2/h20-21,23-24,26,30,33-34,37,49H,2-19,22,25,28-29H2,1H3,(H2,45,46,47);1H. The Bertz CT molecular complexity index is 1620. The van der Waals surface area contributed by atoms with E-state index in [2.05, 4.69) is 28.3 Å². The fourth-order valence-electron chi connectivity index (χ4n) is 6.94. The lowest BCUT2D eigenvalue weighted by molar-refractivity contribution is -0.274. The molecule has 3 heterocycles. The molecule has 1 aliphatic rings. The average molecular weight is 821 g/mol. The van der Waals surface area contributed by atoms with E-state index in [1.54, 1.807) is 10.6 Å². The molecule has 4 unspecified atom stereocenters. The number of nitrogens with zero attached hydrogens (tertiary/aromatic N) is 5. The maximum atomic E-state index is 13.0. The molecule has 12 nitrogen and oxygen atoms in total. The Morgan fingerprint density at radius 3 is 2.14 bits per heavy atom. The third-order valence-corrected chi connectivity index (χ3v) is 10.7. The molecule has 316 valence electrons. The van der Waals surface area contributed by atoms with Gasteiger partial charge in [0.25, 0.3) is 0 Å². The highest BCUT2D eigenvalue weighted by molar-refractivity contribution is 7.40. The second-order valence-corrected chi connectivity index (χ2v) is 15.3. The molecule has 0 saturated carbocycles. The predicted octanol–water partition coefficient (Wildman–Crippen LogP) is 11.2. The van der Waals surface area contributed by atoms with Crippen molar-refractivity contribution < 1.29 is 41.3 Å². The van der Waals surface area contributed by atoms with Gasteiger partial charge in [0, 0.05) is 12.6 Å². The number of nitrogens with two attached hydrogens (primary N) is 1. The quantitative estimate of drug-likeness (QED) is 0.0528. The molecule has 1 aromatic carbocycles. The minimum absolute atomic E-state index is 0.0536. The first-order valence-corrected chi connectivity index (χ1v) is 21.5. The van der Waals surface area contributed by atoms with Crippen molar-refractivity contribution in [1.82, 2.24) is 14.6 Å². The van der Waals surface area contributed by atoms with Gasteiger partial charge in [-0.2, -0.15) is 10.4 Å². The van der Waals surface area contributed by atoms with Crippen LogP contribution >= 0.6 is 8.60 Å². The van der Waals surface area contributed by atoms with E-state index in [1.165, 1.54) is 102 Å². The van der Waals surface area contributed by atoms with Gasteiger partial charge in [0.2, 0.25) is 0 Å². The van der Waals surface area contributed by atoms with Gasteiger partial charge in [0.1, 0.15) is 35.9 Å². The zero-order chi connectivity index (χ0) is 41.3. The molecule has 1 aliphatic heterocycles. The molecule has 3 N–H and O–H groups in total. The molecule has 2 aromatic heterocycles. The lowest BCUT2D eigenvalue weighted by atomic mass is 10.0. The Morgan fingerprint density at radius 2 is 1.54 bits per heavy atom. The number of aromatic nitrogens is 3. The largest absolute Gasteiger partial charge is 0.573 e. The Kier molecular flexibility index (Phi) is 22.6. The van der Waals surface area contributed by atoms with Gasteiger partial charge in [-0.05, 0) is 49.9 Å². The summed E-state index contributed by atoms with van der Waals surface area (Å²) in [6.07, 6.45) is 18.6. The van der Waals surface area contributed by atoms with Crippen molar-refractivity contribution in [3.8, 4) is 24.1 Å². The Hall–Kier alpha value is -3.72. The van der Waals surface area contributed by atoms with Gasteiger partial charge in [-0.1, -0.05) is 110 Å². The van der Waals surface area contributed by atoms with Gasteiger partial charge in [-0.15, -0.1) is 13.2 Å². The first kappa shape index (κ1) is 47.7. The number of rotatable bonds is 28. The van der Waals surface area contributed by atoms with Crippen molar-refractivity contribution in [2.75, 3.05) is 18.9 Å². The van der Waals surface area contributed by atoms with Crippen LogP contribution in [0.4, 0.5) is 19.0 Å². The Balaban J connectivity index is 0.00000428. The van der Waals surface area contributed by atoms with Gasteiger partial charge >= 0.3 is 15.0 Å². The number of anilines is 1. The zero-order valence-corrected chi connectivity index (χ0v) is 34.1. The molecular weight excluding hydrogens is 760 g/mol. The molecule has 0 radical (unpaired) electrons. The first-order chi connectivity index (χ1) is 27.7. The van der Waals surface area contributed by atoms with Crippen molar-refractivity contribution in [3.63, 3.8) is 0 Å². The molecule has 1 fully saturated rings. The molecule has 0 aliphatic carbocycles. The van der Waals surface area contributed by atoms with E-state index in [0.717, 1.165) is 43.9 Å². The maximum absolute atomic E-state index is 13.0. The van der Waals surface area contributed by atoms with E-state index >= 15 is 0 Å². The molecule has 4 rings (SSSR count). The van der Waals surface area contributed by atoms with Gasteiger partial charge in [-0.25, -0.2) is 14.8 Å². The number of benzene rings is 1. The summed E-state index contributed by atoms with van der Waals surface area (Å²) in [7, 11) is -2.29. The minimum Gasteiger partial charge on any atom is -0.488 e. The Labute approximate surface area is 336 Å². The summed E-state index contributed by atoms with van der Waals surface area (Å²) in [4.78, 5) is 14.6. The molecule has 16 heteroatoms. The van der Waals surface area contributed by atoms with Gasteiger partial charge < -0.3 is 33.9 Å². The summed E-state index contributed by atoms with van der Waals surface area (Å²) in [6.45, 7) is 5.81. The number of alkyl halides is 3. The summed E-state index contributed by atoms with van der Waals surface area (Å²) in [5.74, 6) is -0.169. The summed E-state index contributed by atoms with van der Waals surface area (Å²) in [5.41, 5.74) is 7.24. The molecule has 57 heavy (non-hydrogen) atoms. The van der Waals surface area contributed by atoms with E-state index in [4.69, 9.17) is 29.5 Å². The Morgan fingerprint density at radius 1 is 0.930 bits per heavy atom. The number of nitriles is 2. The number of halogens is 3. The first-order valence-electron chi connectivity index (χ1n) is 20.4. The van der Waals surface area contributed by atoms with Crippen LogP contribution in [0.3, 0.4) is 0 Å². The SMILES string of the molecule is C#N.CCCCCCCCCCCCCCCCCCCC(COP(O)OCC1CCC(c2ccc3c(N)ncnn23)O1)Oc1ccc(C#N)c(OC(F)(F)F)c1. The fourth-order valence-corrected chi connectivity index (χ4v) is 7.60. The maximum Gasteiger partial charge on any atom is 0.573 e. The van der Waals surface area contributed by atoms with Gasteiger partial charge in [0.05, 0.1) is 30.6 Å². The highest BCUT2D eigenvalue weighted by atomic mass is 31.2. The summed E-state index contributed by atoms with van der Waals surface area (Å²) in [6, 6.07) is 9.15. The highest BCUT2D eigenvalue weighted by Crippen LogP contribution is 2.39. The van der Waals surface area contributed by atoms with Crippen molar-refractivity contribution in [2.24, 2.45) is 0 Å². The van der Waals surface area contributed by atoms with Crippen molar-refractivity contribution in [1.29, 1.82) is 10.5 Å². The third-order valence-electron chi connectivity index (χ3n) is 9.92. The fraction of sp³-hybridized carbons (Fsp3) is 0.659. The molecule has 1 saturated heterocycles. The molecule has 0 spiro atoms. The number of unbranched alkanes of at least 4 members (excludes halogenated alkanes) is 16. The van der Waals surface area contributed by atoms with Crippen LogP contribution in [0.15, 0.2) is 36.7 Å². The smallest absolute Gasteiger partial charge is 0.488 e. The van der Waals surface area contributed by atoms with Crippen molar-refractivity contribution in [2.45, 2.75) is 160 Å². The summed E-state index contributed by atoms with van der Waals surface area (Å²) >= 11 is 0. The highest BCUT2D eigenvalue weighted by Gasteiger charge is 2.33. The van der Waals surface area contributed by atoms with E-state index in [0.29, 0.717) is 24.2 Å². The third kappa shape index (κ3) is 18.2. The zero-order valence-electron chi connectivity index (χ0n) is 33.2. The van der Waals surface area contributed by atoms with Crippen LogP contribution in [-0.4, -0.2) is 51.3 Å². The number of ether oxygens (including phenoxy) is 3. The van der Waals surface area contributed by atoms with Crippen molar-refractivity contribution in [3.05, 3.63) is 47.9 Å². The number of hydrogen-bond acceptors (Lipinski definition) is 11. The van der Waals surface area contributed by atoms with E-state index in [-0.39, 0.29) is 36.7 Å². The number of hydrogen-bond donors (Lipinski definition) is 2. The van der Waals surface area contributed by atoms with E-state index in [1.807, 2.05) is 12.1 Å². The number of fused-ring (bicyclic) bond motifs is 1. The van der Waals surface area contributed by atoms with Crippen molar-refractivity contribution >= 4 is 19.9 Å². The normalized spacial score (nSPS) is 16.5. The summed E-state index contributed by atoms with van der Waals surface area (Å²) < 4.78 is 68.3. The van der Waals surface area contributed by atoms with Crippen LogP contribution in [0.1, 0.15) is 153 Å². The van der Waals surface area contributed by atoms with Gasteiger partial charge in [-0.3, -0.25) is 0 Å². The van der Waals surface area contributed by atoms with Crippen LogP contribution in [-0.2, 0) is 13.8 Å². The van der Waals surface area contributed by atoms with E-state index in [9.17, 15) is 23.3 Å². The molecule has 0 amide bonds. The molecular formula is C41H60F3N6O6P. The lowest BCUT2D eigenvalue weighted by Gasteiger charge is -2.22. The van der Waals surface area contributed by atoms with E-state index < -0.39 is 26.8 Å². The van der Waals surface area contributed by atoms with Crippen LogP contribution in [0.25, 0.3) is 5.52 Å². The van der Waals surface area contributed by atoms with Crippen LogP contribution in [0.2, 0.25) is 0 Å². The second kappa shape index (κ2) is 27.1. The topological polar surface area (TPSA) is 170 Å². The van der Waals surface area contributed by atoms with Crippen LogP contribution in [0, 0.1) is 23.2 Å². The van der Waals surface area contributed by atoms with Crippen LogP contribution in [0.5, 0.6) is 11.5 Å². The molecule has 0 bridgehead atoms. The predicted molar refractivity (Wildman–Crippen MR) is 213 cm³/mol. The molecule has 4 atom stereocenters. The number of nitrogen functional groups attached to an aromatic ring is 1. The van der Waals surface area contributed by atoms with Gasteiger partial charge in [0.15, 0.2) is 11.6 Å². The lowest BCUT2D eigenvalue weighted by Crippen LogP contribution is -2.23.